The number of amides is 1. The van der Waals surface area contributed by atoms with E-state index in [2.05, 4.69) is 10.4 Å². The SMILES string of the molecule is Cc1cc(NC(=O)CC(C)C)n([C@@H]2CCS(=O)(=O)C2)n1. The lowest BCUT2D eigenvalue weighted by Crippen LogP contribution is -2.20. The van der Waals surface area contributed by atoms with Crippen LogP contribution in [0.2, 0.25) is 0 Å². The molecule has 0 aliphatic carbocycles. The number of nitrogens with one attached hydrogen (secondary N) is 1. The van der Waals surface area contributed by atoms with E-state index in [1.54, 1.807) is 10.7 Å². The van der Waals surface area contributed by atoms with Crippen LogP contribution >= 0.6 is 0 Å². The third-order valence-corrected chi connectivity index (χ3v) is 5.02. The summed E-state index contributed by atoms with van der Waals surface area (Å²) in [6, 6.07) is 1.60. The summed E-state index contributed by atoms with van der Waals surface area (Å²) in [6.07, 6.45) is 0.990. The van der Waals surface area contributed by atoms with Gasteiger partial charge in [-0.1, -0.05) is 13.8 Å². The molecule has 112 valence electrons. The van der Waals surface area contributed by atoms with Gasteiger partial charge >= 0.3 is 0 Å². The minimum absolute atomic E-state index is 0.0676. The molecule has 2 rings (SSSR count). The molecule has 1 aliphatic rings. The van der Waals surface area contributed by atoms with Crippen LogP contribution in [0.25, 0.3) is 0 Å². The van der Waals surface area contributed by atoms with E-state index in [-0.39, 0.29) is 29.4 Å². The molecule has 6 nitrogen and oxygen atoms in total. The van der Waals surface area contributed by atoms with Gasteiger partial charge in [-0.05, 0) is 19.3 Å². The van der Waals surface area contributed by atoms with E-state index in [9.17, 15) is 13.2 Å². The van der Waals surface area contributed by atoms with Crippen LogP contribution in [0, 0.1) is 12.8 Å². The second kappa shape index (κ2) is 5.55. The Hall–Kier alpha value is -1.37. The van der Waals surface area contributed by atoms with Crippen molar-refractivity contribution in [3.63, 3.8) is 0 Å². The van der Waals surface area contributed by atoms with Crippen molar-refractivity contribution >= 4 is 21.6 Å². The molecule has 1 amide bonds. The number of carbonyl (C=O) groups is 1. The maximum Gasteiger partial charge on any atom is 0.225 e. The van der Waals surface area contributed by atoms with Gasteiger partial charge in [0.05, 0.1) is 23.2 Å². The summed E-state index contributed by atoms with van der Waals surface area (Å²) in [5.74, 6) is 1.09. The number of carbonyl (C=O) groups excluding carboxylic acids is 1. The van der Waals surface area contributed by atoms with E-state index in [1.165, 1.54) is 0 Å². The lowest BCUT2D eigenvalue weighted by molar-refractivity contribution is -0.116. The van der Waals surface area contributed by atoms with Gasteiger partial charge in [0.2, 0.25) is 5.91 Å². The zero-order valence-corrected chi connectivity index (χ0v) is 12.9. The minimum atomic E-state index is -2.97. The number of aromatic nitrogens is 2. The van der Waals surface area contributed by atoms with Gasteiger partial charge in [0.1, 0.15) is 5.82 Å². The molecule has 1 aromatic rings. The minimum Gasteiger partial charge on any atom is -0.311 e. The highest BCUT2D eigenvalue weighted by atomic mass is 32.2. The summed E-state index contributed by atoms with van der Waals surface area (Å²) < 4.78 is 24.8. The van der Waals surface area contributed by atoms with Gasteiger partial charge in [0.15, 0.2) is 9.84 Å². The Morgan fingerprint density at radius 2 is 2.25 bits per heavy atom. The third-order valence-electron chi connectivity index (χ3n) is 3.27. The Bertz CT molecular complexity index is 604. The Kier molecular flexibility index (Phi) is 4.17. The Labute approximate surface area is 119 Å². The molecule has 1 aliphatic heterocycles. The molecule has 1 saturated heterocycles. The van der Waals surface area contributed by atoms with Crippen molar-refractivity contribution in [2.75, 3.05) is 16.8 Å². The van der Waals surface area contributed by atoms with Crippen LogP contribution in [-0.2, 0) is 14.6 Å². The van der Waals surface area contributed by atoms with Gasteiger partial charge in [-0.2, -0.15) is 5.10 Å². The number of hydrogen-bond donors (Lipinski definition) is 1. The highest BCUT2D eigenvalue weighted by molar-refractivity contribution is 7.91. The van der Waals surface area contributed by atoms with E-state index in [4.69, 9.17) is 0 Å². The standard InChI is InChI=1S/C13H21N3O3S/c1-9(2)6-13(17)14-12-7-10(3)15-16(12)11-4-5-20(18,19)8-11/h7,9,11H,4-6,8H2,1-3H3,(H,14,17)/t11-/m1/s1. The number of aryl methyl sites for hydroxylation is 1. The number of sulfone groups is 1. The van der Waals surface area contributed by atoms with Crippen LogP contribution in [0.15, 0.2) is 6.07 Å². The summed E-state index contributed by atoms with van der Waals surface area (Å²) in [6.45, 7) is 5.79. The number of nitrogens with zero attached hydrogens (tertiary/aromatic N) is 2. The van der Waals surface area contributed by atoms with Gasteiger partial charge < -0.3 is 5.32 Å². The van der Waals surface area contributed by atoms with Crippen LogP contribution in [0.5, 0.6) is 0 Å². The Morgan fingerprint density at radius 1 is 1.55 bits per heavy atom. The van der Waals surface area contributed by atoms with Crippen molar-refractivity contribution in [3.05, 3.63) is 11.8 Å². The molecular formula is C13H21N3O3S. The zero-order chi connectivity index (χ0) is 14.9. The van der Waals surface area contributed by atoms with Crippen molar-refractivity contribution in [2.45, 2.75) is 39.7 Å². The quantitative estimate of drug-likeness (QED) is 0.914. The van der Waals surface area contributed by atoms with Gasteiger partial charge in [0, 0.05) is 12.5 Å². The topological polar surface area (TPSA) is 81.1 Å². The van der Waals surface area contributed by atoms with Crippen molar-refractivity contribution in [1.82, 2.24) is 9.78 Å². The maximum absolute atomic E-state index is 11.9. The van der Waals surface area contributed by atoms with Crippen LogP contribution in [0.3, 0.4) is 0 Å². The van der Waals surface area contributed by atoms with E-state index in [0.29, 0.717) is 18.7 Å². The average molecular weight is 299 g/mol. The molecule has 0 radical (unpaired) electrons. The maximum atomic E-state index is 11.9. The first kappa shape index (κ1) is 15.0. The van der Waals surface area contributed by atoms with Crippen LogP contribution in [-0.4, -0.2) is 35.6 Å². The molecule has 0 bridgehead atoms. The van der Waals surface area contributed by atoms with E-state index in [0.717, 1.165) is 5.69 Å². The van der Waals surface area contributed by atoms with Crippen molar-refractivity contribution in [2.24, 2.45) is 5.92 Å². The molecule has 1 fully saturated rings. The smallest absolute Gasteiger partial charge is 0.225 e. The lowest BCUT2D eigenvalue weighted by Gasteiger charge is -2.14. The summed E-state index contributed by atoms with van der Waals surface area (Å²) in [4.78, 5) is 11.9. The number of rotatable bonds is 4. The fourth-order valence-electron chi connectivity index (χ4n) is 2.42. The van der Waals surface area contributed by atoms with E-state index in [1.807, 2.05) is 20.8 Å². The molecule has 0 saturated carbocycles. The fourth-order valence-corrected chi connectivity index (χ4v) is 4.11. The zero-order valence-electron chi connectivity index (χ0n) is 12.1. The second-order valence-corrected chi connectivity index (χ2v) is 8.05. The highest BCUT2D eigenvalue weighted by Crippen LogP contribution is 2.27. The fraction of sp³-hybridized carbons (Fsp3) is 0.692. The largest absolute Gasteiger partial charge is 0.311 e. The van der Waals surface area contributed by atoms with Crippen molar-refractivity contribution in [1.29, 1.82) is 0 Å². The summed E-state index contributed by atoms with van der Waals surface area (Å²) >= 11 is 0. The van der Waals surface area contributed by atoms with Crippen LogP contribution in [0.1, 0.15) is 38.4 Å². The first-order chi connectivity index (χ1) is 9.27. The van der Waals surface area contributed by atoms with Gasteiger partial charge in [-0.15, -0.1) is 0 Å². The first-order valence-corrected chi connectivity index (χ1v) is 8.65. The molecule has 1 atom stereocenters. The third kappa shape index (κ3) is 3.59. The molecule has 0 aromatic carbocycles. The van der Waals surface area contributed by atoms with Crippen molar-refractivity contribution < 1.29 is 13.2 Å². The van der Waals surface area contributed by atoms with Crippen molar-refractivity contribution in [3.8, 4) is 0 Å². The molecule has 1 N–H and O–H groups in total. The summed E-state index contributed by atoms with van der Waals surface area (Å²) in [7, 11) is -2.97. The monoisotopic (exact) mass is 299 g/mol. The van der Waals surface area contributed by atoms with Crippen LogP contribution < -0.4 is 5.32 Å². The number of anilines is 1. The molecule has 0 unspecified atom stereocenters. The van der Waals surface area contributed by atoms with Gasteiger partial charge in [-0.3, -0.25) is 4.79 Å². The van der Waals surface area contributed by atoms with Gasteiger partial charge in [-0.25, -0.2) is 13.1 Å². The summed E-state index contributed by atoms with van der Waals surface area (Å²) in [5.41, 5.74) is 0.772. The van der Waals surface area contributed by atoms with E-state index >= 15 is 0 Å². The predicted octanol–water partition coefficient (Wildman–Crippen LogP) is 1.54. The molecule has 20 heavy (non-hydrogen) atoms. The molecule has 2 heterocycles. The molecule has 0 spiro atoms. The Balaban J connectivity index is 2.16. The molecular weight excluding hydrogens is 278 g/mol. The van der Waals surface area contributed by atoms with Gasteiger partial charge in [0.25, 0.3) is 0 Å². The average Bonchev–Trinajstić information content (AvgIpc) is 2.80. The normalized spacial score (nSPS) is 21.3. The molecule has 1 aromatic heterocycles. The Morgan fingerprint density at radius 3 is 2.80 bits per heavy atom. The highest BCUT2D eigenvalue weighted by Gasteiger charge is 2.31. The van der Waals surface area contributed by atoms with E-state index < -0.39 is 9.84 Å². The molecule has 7 heteroatoms. The predicted molar refractivity (Wildman–Crippen MR) is 77.4 cm³/mol. The lowest BCUT2D eigenvalue weighted by atomic mass is 10.1. The first-order valence-electron chi connectivity index (χ1n) is 6.83. The summed E-state index contributed by atoms with van der Waals surface area (Å²) in [5, 5.41) is 7.16. The second-order valence-electron chi connectivity index (χ2n) is 5.82. The van der Waals surface area contributed by atoms with Crippen LogP contribution in [0.4, 0.5) is 5.82 Å². The number of hydrogen-bond acceptors (Lipinski definition) is 4.